The van der Waals surface area contributed by atoms with Gasteiger partial charge in [-0.3, -0.25) is 19.3 Å². The lowest BCUT2D eigenvalue weighted by atomic mass is 10.2. The van der Waals surface area contributed by atoms with Crippen molar-refractivity contribution in [3.63, 3.8) is 0 Å². The number of hydrogen-bond donors (Lipinski definition) is 2. The van der Waals surface area contributed by atoms with E-state index in [1.807, 2.05) is 9.80 Å². The van der Waals surface area contributed by atoms with Crippen molar-refractivity contribution in [1.29, 1.82) is 0 Å². The number of nitrogens with zero attached hydrogens (tertiary/aromatic N) is 3. The second-order valence-corrected chi connectivity index (χ2v) is 6.39. The van der Waals surface area contributed by atoms with Crippen LogP contribution in [0.15, 0.2) is 0 Å². The van der Waals surface area contributed by atoms with E-state index in [4.69, 9.17) is 0 Å². The highest BCUT2D eigenvalue weighted by atomic mass is 16.2. The number of hydrogen-bond acceptors (Lipinski definition) is 5. The van der Waals surface area contributed by atoms with Crippen LogP contribution in [0.2, 0.25) is 0 Å². The van der Waals surface area contributed by atoms with Crippen molar-refractivity contribution in [1.82, 2.24) is 25.3 Å². The molecule has 3 aliphatic rings. The topological polar surface area (TPSA) is 85.0 Å². The van der Waals surface area contributed by atoms with Crippen molar-refractivity contribution >= 4 is 17.7 Å². The maximum Gasteiger partial charge on any atom is 0.245 e. The van der Waals surface area contributed by atoms with Gasteiger partial charge in [-0.1, -0.05) is 0 Å². The lowest BCUT2D eigenvalue weighted by Crippen LogP contribution is -2.55. The summed E-state index contributed by atoms with van der Waals surface area (Å²) in [5, 5.41) is 5.97. The van der Waals surface area contributed by atoms with Crippen LogP contribution in [0.3, 0.4) is 0 Å². The van der Waals surface area contributed by atoms with Crippen LogP contribution in [-0.4, -0.2) is 97.4 Å². The summed E-state index contributed by atoms with van der Waals surface area (Å²) >= 11 is 0. The first-order chi connectivity index (χ1) is 11.1. The number of carbonyl (C=O) groups excluding carboxylic acids is 3. The number of piperazine rings is 2. The van der Waals surface area contributed by atoms with Crippen LogP contribution in [-0.2, 0) is 14.4 Å². The summed E-state index contributed by atoms with van der Waals surface area (Å²) in [6, 6.07) is -0.350. The molecule has 3 aliphatic heterocycles. The van der Waals surface area contributed by atoms with E-state index in [2.05, 4.69) is 15.5 Å². The van der Waals surface area contributed by atoms with Crippen molar-refractivity contribution in [2.45, 2.75) is 18.9 Å². The molecule has 3 heterocycles. The summed E-state index contributed by atoms with van der Waals surface area (Å²) in [5.74, 6) is 0.155. The molecule has 0 aromatic rings. The SMILES string of the molecule is O=C1CCC(C(=O)N2CCN(CC(=O)N3CCNCC3)CC2)N1. The zero-order valence-electron chi connectivity index (χ0n) is 13.4. The minimum Gasteiger partial charge on any atom is -0.344 e. The Labute approximate surface area is 136 Å². The van der Waals surface area contributed by atoms with Crippen molar-refractivity contribution in [2.24, 2.45) is 0 Å². The number of carbonyl (C=O) groups is 3. The molecule has 0 aliphatic carbocycles. The molecule has 8 nitrogen and oxygen atoms in total. The third kappa shape index (κ3) is 4.00. The normalized spacial score (nSPS) is 26.3. The minimum absolute atomic E-state index is 0.0175. The van der Waals surface area contributed by atoms with E-state index in [1.165, 1.54) is 0 Å². The molecule has 3 fully saturated rings. The van der Waals surface area contributed by atoms with Gasteiger partial charge >= 0.3 is 0 Å². The molecule has 0 bridgehead atoms. The Morgan fingerprint density at radius 1 is 1.00 bits per heavy atom. The lowest BCUT2D eigenvalue weighted by Gasteiger charge is -2.37. The first-order valence-corrected chi connectivity index (χ1v) is 8.42. The first-order valence-electron chi connectivity index (χ1n) is 8.42. The van der Waals surface area contributed by atoms with Crippen LogP contribution in [0.25, 0.3) is 0 Å². The van der Waals surface area contributed by atoms with Crippen LogP contribution < -0.4 is 10.6 Å². The van der Waals surface area contributed by atoms with E-state index in [-0.39, 0.29) is 23.8 Å². The molecule has 128 valence electrons. The molecular weight excluding hydrogens is 298 g/mol. The van der Waals surface area contributed by atoms with Gasteiger partial charge in [0.25, 0.3) is 0 Å². The highest BCUT2D eigenvalue weighted by Crippen LogP contribution is 2.12. The van der Waals surface area contributed by atoms with E-state index in [9.17, 15) is 14.4 Å². The second kappa shape index (κ2) is 7.27. The Kier molecular flexibility index (Phi) is 5.12. The van der Waals surface area contributed by atoms with Gasteiger partial charge in [-0.25, -0.2) is 0 Å². The Balaban J connectivity index is 1.42. The second-order valence-electron chi connectivity index (χ2n) is 6.39. The molecule has 0 radical (unpaired) electrons. The first kappa shape index (κ1) is 16.2. The average molecular weight is 323 g/mol. The minimum atomic E-state index is -0.350. The van der Waals surface area contributed by atoms with Gasteiger partial charge in [-0.05, 0) is 6.42 Å². The van der Waals surface area contributed by atoms with Crippen LogP contribution >= 0.6 is 0 Å². The highest BCUT2D eigenvalue weighted by Gasteiger charge is 2.32. The molecule has 0 aromatic heterocycles. The number of rotatable bonds is 3. The van der Waals surface area contributed by atoms with Gasteiger partial charge in [0, 0.05) is 58.8 Å². The average Bonchev–Trinajstić information content (AvgIpc) is 3.02. The van der Waals surface area contributed by atoms with Gasteiger partial charge in [0.2, 0.25) is 17.7 Å². The van der Waals surface area contributed by atoms with Gasteiger partial charge in [0.15, 0.2) is 0 Å². The Bertz CT molecular complexity index is 470. The number of nitrogens with one attached hydrogen (secondary N) is 2. The summed E-state index contributed by atoms with van der Waals surface area (Å²) in [6.45, 7) is 6.39. The molecule has 8 heteroatoms. The molecule has 3 rings (SSSR count). The molecular formula is C15H25N5O3. The van der Waals surface area contributed by atoms with E-state index >= 15 is 0 Å². The highest BCUT2D eigenvalue weighted by molar-refractivity contribution is 5.90. The van der Waals surface area contributed by atoms with Crippen molar-refractivity contribution in [3.8, 4) is 0 Å². The molecule has 23 heavy (non-hydrogen) atoms. The van der Waals surface area contributed by atoms with E-state index in [1.54, 1.807) is 0 Å². The summed E-state index contributed by atoms with van der Waals surface area (Å²) in [7, 11) is 0. The van der Waals surface area contributed by atoms with Crippen LogP contribution in [0.1, 0.15) is 12.8 Å². The summed E-state index contributed by atoms with van der Waals surface area (Å²) in [4.78, 5) is 41.6. The van der Waals surface area contributed by atoms with E-state index in [0.29, 0.717) is 45.6 Å². The molecule has 3 saturated heterocycles. The van der Waals surface area contributed by atoms with E-state index < -0.39 is 0 Å². The van der Waals surface area contributed by atoms with Crippen molar-refractivity contribution in [2.75, 3.05) is 58.9 Å². The Morgan fingerprint density at radius 3 is 2.30 bits per heavy atom. The molecule has 0 spiro atoms. The van der Waals surface area contributed by atoms with Gasteiger partial charge in [-0.15, -0.1) is 0 Å². The van der Waals surface area contributed by atoms with Crippen molar-refractivity contribution in [3.05, 3.63) is 0 Å². The smallest absolute Gasteiger partial charge is 0.245 e. The van der Waals surface area contributed by atoms with Gasteiger partial charge < -0.3 is 20.4 Å². The fourth-order valence-corrected chi connectivity index (χ4v) is 3.35. The van der Waals surface area contributed by atoms with Crippen LogP contribution in [0, 0.1) is 0 Å². The summed E-state index contributed by atoms with van der Waals surface area (Å²) < 4.78 is 0. The van der Waals surface area contributed by atoms with Crippen LogP contribution in [0.5, 0.6) is 0 Å². The van der Waals surface area contributed by atoms with Gasteiger partial charge in [0.1, 0.15) is 6.04 Å². The predicted octanol–water partition coefficient (Wildman–Crippen LogP) is -2.16. The number of amides is 3. The molecule has 0 saturated carbocycles. The van der Waals surface area contributed by atoms with Gasteiger partial charge in [0.05, 0.1) is 6.54 Å². The standard InChI is InChI=1S/C15H25N5O3/c21-13-2-1-12(17-13)15(23)20-9-7-18(8-10-20)11-14(22)19-5-3-16-4-6-19/h12,16H,1-11H2,(H,17,21). The maximum absolute atomic E-state index is 12.3. The third-order valence-corrected chi connectivity index (χ3v) is 4.81. The lowest BCUT2D eigenvalue weighted by molar-refractivity contribution is -0.137. The fraction of sp³-hybridized carbons (Fsp3) is 0.800. The summed E-state index contributed by atoms with van der Waals surface area (Å²) in [6.07, 6.45) is 1.04. The Morgan fingerprint density at radius 2 is 1.70 bits per heavy atom. The monoisotopic (exact) mass is 323 g/mol. The van der Waals surface area contributed by atoms with Crippen molar-refractivity contribution < 1.29 is 14.4 Å². The fourth-order valence-electron chi connectivity index (χ4n) is 3.35. The Hall–Kier alpha value is -1.67. The zero-order chi connectivity index (χ0) is 16.2. The van der Waals surface area contributed by atoms with Gasteiger partial charge in [-0.2, -0.15) is 0 Å². The quantitative estimate of drug-likeness (QED) is 0.618. The molecule has 2 N–H and O–H groups in total. The molecule has 3 amide bonds. The third-order valence-electron chi connectivity index (χ3n) is 4.81. The molecule has 1 atom stereocenters. The molecule has 1 unspecified atom stereocenters. The molecule has 0 aromatic carbocycles. The largest absolute Gasteiger partial charge is 0.344 e. The van der Waals surface area contributed by atoms with E-state index in [0.717, 1.165) is 26.2 Å². The summed E-state index contributed by atoms with van der Waals surface area (Å²) in [5.41, 5.74) is 0. The van der Waals surface area contributed by atoms with Crippen LogP contribution in [0.4, 0.5) is 0 Å². The zero-order valence-corrected chi connectivity index (χ0v) is 13.4. The predicted molar refractivity (Wildman–Crippen MR) is 83.6 cm³/mol. The maximum atomic E-state index is 12.3.